The molecule has 35 heavy (non-hydrogen) atoms. The number of fused-ring (bicyclic) bond motifs is 5. The number of carbonyl (C=O) groups excluding carboxylic acids is 1. The molecule has 178 valence electrons. The van der Waals surface area contributed by atoms with Gasteiger partial charge in [-0.05, 0) is 25.5 Å². The maximum atomic E-state index is 13.0. The van der Waals surface area contributed by atoms with E-state index in [1.165, 1.54) is 11.3 Å². The number of pyridine rings is 2. The quantitative estimate of drug-likeness (QED) is 0.395. The predicted octanol–water partition coefficient (Wildman–Crippen LogP) is 1.99. The number of amides is 1. The molecular formula is C23H22N8O3S. The van der Waals surface area contributed by atoms with Gasteiger partial charge in [0.25, 0.3) is 5.56 Å². The van der Waals surface area contributed by atoms with Crippen LogP contribution in [0, 0.1) is 0 Å². The summed E-state index contributed by atoms with van der Waals surface area (Å²) in [7, 11) is 1.86. The van der Waals surface area contributed by atoms with Crippen molar-refractivity contribution in [2.45, 2.75) is 18.4 Å². The zero-order valence-corrected chi connectivity index (χ0v) is 19.8. The van der Waals surface area contributed by atoms with Crippen LogP contribution in [0.25, 0.3) is 37.2 Å². The van der Waals surface area contributed by atoms with Crippen molar-refractivity contribution in [2.75, 3.05) is 31.6 Å². The highest BCUT2D eigenvalue weighted by Gasteiger charge is 2.47. The molecule has 11 nitrogen and oxygen atoms in total. The lowest BCUT2D eigenvalue weighted by Crippen LogP contribution is -2.60. The van der Waals surface area contributed by atoms with Crippen molar-refractivity contribution in [2.24, 2.45) is 7.05 Å². The lowest BCUT2D eigenvalue weighted by Gasteiger charge is -2.44. The summed E-state index contributed by atoms with van der Waals surface area (Å²) in [5, 5.41) is 12.3. The fourth-order valence-corrected chi connectivity index (χ4v) is 6.24. The molecule has 7 heterocycles. The van der Waals surface area contributed by atoms with Crippen molar-refractivity contribution in [3.8, 4) is 10.4 Å². The molecule has 1 spiro atoms. The van der Waals surface area contributed by atoms with Gasteiger partial charge in [-0.2, -0.15) is 10.2 Å². The number of nitrogens with zero attached hydrogens (tertiary/aromatic N) is 6. The topological polar surface area (TPSA) is 122 Å². The molecule has 2 fully saturated rings. The van der Waals surface area contributed by atoms with Gasteiger partial charge in [-0.3, -0.25) is 24.2 Å². The van der Waals surface area contributed by atoms with Gasteiger partial charge in [0.15, 0.2) is 0 Å². The molecule has 0 atom stereocenters. The molecule has 2 aliphatic rings. The molecular weight excluding hydrogens is 468 g/mol. The molecule has 0 saturated carbocycles. The molecule has 2 N–H and O–H groups in total. The molecule has 0 bridgehead atoms. The second kappa shape index (κ2) is 7.44. The van der Waals surface area contributed by atoms with Crippen LogP contribution in [0.3, 0.4) is 0 Å². The first kappa shape index (κ1) is 20.7. The van der Waals surface area contributed by atoms with E-state index in [1.54, 1.807) is 27.7 Å². The maximum absolute atomic E-state index is 13.0. The number of H-pyrrole nitrogens is 1. The number of likely N-dealkylation sites (tertiary alicyclic amines) is 1. The number of nitrogens with one attached hydrogen (secondary N) is 2. The number of aromatic amines is 1. The van der Waals surface area contributed by atoms with Crippen LogP contribution in [-0.2, 0) is 16.6 Å². The Bertz CT molecular complexity index is 1690. The van der Waals surface area contributed by atoms with E-state index < -0.39 is 0 Å². The Morgan fingerprint density at radius 2 is 2.17 bits per heavy atom. The second-order valence-electron chi connectivity index (χ2n) is 9.34. The number of hydrogen-bond donors (Lipinski definition) is 2. The number of anilines is 1. The van der Waals surface area contributed by atoms with Gasteiger partial charge in [-0.25, -0.2) is 4.52 Å². The molecule has 7 rings (SSSR count). The maximum Gasteiger partial charge on any atom is 0.261 e. The Labute approximate surface area is 202 Å². The van der Waals surface area contributed by atoms with Crippen LogP contribution in [0.5, 0.6) is 0 Å². The molecule has 0 unspecified atom stereocenters. The number of aromatic nitrogens is 6. The molecule has 0 aromatic carbocycles. The Balaban J connectivity index is 1.20. The van der Waals surface area contributed by atoms with Gasteiger partial charge in [0.05, 0.1) is 53.8 Å². The van der Waals surface area contributed by atoms with Crippen molar-refractivity contribution in [3.05, 3.63) is 41.2 Å². The van der Waals surface area contributed by atoms with Crippen molar-refractivity contribution >= 4 is 49.7 Å². The summed E-state index contributed by atoms with van der Waals surface area (Å²) in [4.78, 5) is 37.2. The van der Waals surface area contributed by atoms with Gasteiger partial charge in [0.1, 0.15) is 21.3 Å². The Morgan fingerprint density at radius 1 is 1.29 bits per heavy atom. The monoisotopic (exact) mass is 490 g/mol. The Morgan fingerprint density at radius 3 is 2.94 bits per heavy atom. The minimum Gasteiger partial charge on any atom is -0.377 e. The molecule has 12 heteroatoms. The highest BCUT2D eigenvalue weighted by molar-refractivity contribution is 7.21. The minimum atomic E-state index is -0.239. The predicted molar refractivity (Wildman–Crippen MR) is 132 cm³/mol. The second-order valence-corrected chi connectivity index (χ2v) is 10.4. The van der Waals surface area contributed by atoms with E-state index >= 15 is 0 Å². The Hall–Kier alpha value is -3.61. The third kappa shape index (κ3) is 3.21. The average Bonchev–Trinajstić information content (AvgIpc) is 3.55. The summed E-state index contributed by atoms with van der Waals surface area (Å²) in [6, 6.07) is 1.74. The lowest BCUT2D eigenvalue weighted by molar-refractivity contribution is -0.135. The van der Waals surface area contributed by atoms with Gasteiger partial charge in [0.2, 0.25) is 5.91 Å². The Kier molecular flexibility index (Phi) is 4.41. The highest BCUT2D eigenvalue weighted by atomic mass is 32.1. The van der Waals surface area contributed by atoms with Crippen LogP contribution in [0.1, 0.15) is 12.8 Å². The number of hydrogen-bond acceptors (Lipinski definition) is 8. The first-order chi connectivity index (χ1) is 17.0. The largest absolute Gasteiger partial charge is 0.377 e. The highest BCUT2D eigenvalue weighted by Crippen LogP contribution is 2.36. The summed E-state index contributed by atoms with van der Waals surface area (Å²) in [5.41, 5.74) is 2.95. The summed E-state index contributed by atoms with van der Waals surface area (Å²) < 4.78 is 8.86. The van der Waals surface area contributed by atoms with Crippen molar-refractivity contribution in [3.63, 3.8) is 0 Å². The lowest BCUT2D eigenvalue weighted by atomic mass is 9.94. The third-order valence-corrected chi connectivity index (χ3v) is 8.14. The van der Waals surface area contributed by atoms with E-state index in [-0.39, 0.29) is 17.0 Å². The first-order valence-corrected chi connectivity index (χ1v) is 12.3. The number of carbonyl (C=O) groups is 1. The van der Waals surface area contributed by atoms with E-state index in [0.717, 1.165) is 34.7 Å². The van der Waals surface area contributed by atoms with E-state index in [4.69, 9.17) is 4.74 Å². The van der Waals surface area contributed by atoms with Gasteiger partial charge >= 0.3 is 0 Å². The zero-order chi connectivity index (χ0) is 23.7. The molecule has 0 radical (unpaired) electrons. The first-order valence-electron chi connectivity index (χ1n) is 11.4. The number of ether oxygens (including phenoxy) is 1. The summed E-state index contributed by atoms with van der Waals surface area (Å²) in [5.74, 6) is -0.104. The zero-order valence-electron chi connectivity index (χ0n) is 18.9. The molecule has 2 aliphatic heterocycles. The van der Waals surface area contributed by atoms with Crippen LogP contribution in [0.15, 0.2) is 35.6 Å². The molecule has 0 aliphatic carbocycles. The van der Waals surface area contributed by atoms with Gasteiger partial charge in [0, 0.05) is 25.0 Å². The van der Waals surface area contributed by atoms with E-state index in [2.05, 4.69) is 30.4 Å². The van der Waals surface area contributed by atoms with Crippen LogP contribution >= 0.6 is 11.3 Å². The van der Waals surface area contributed by atoms with Crippen LogP contribution < -0.4 is 10.9 Å². The molecule has 1 amide bonds. The fourth-order valence-electron chi connectivity index (χ4n) is 5.18. The smallest absolute Gasteiger partial charge is 0.261 e. The van der Waals surface area contributed by atoms with Gasteiger partial charge in [-0.15, -0.1) is 11.3 Å². The van der Waals surface area contributed by atoms with Crippen molar-refractivity contribution in [1.82, 2.24) is 34.3 Å². The van der Waals surface area contributed by atoms with E-state index in [1.807, 2.05) is 19.4 Å². The average molecular weight is 491 g/mol. The number of rotatable bonds is 4. The van der Waals surface area contributed by atoms with E-state index in [0.29, 0.717) is 47.4 Å². The van der Waals surface area contributed by atoms with Crippen LogP contribution in [-0.4, -0.2) is 72.0 Å². The SMILES string of the molecule is Cn1cc(-c2cn3nc4c5ncc(NC(=O)CN6CCCC67COC7)cc5[nH]c(=O)c4c3s2)cn1. The van der Waals surface area contributed by atoms with Crippen LogP contribution in [0.4, 0.5) is 5.69 Å². The normalized spacial score (nSPS) is 17.6. The fraction of sp³-hybridized carbons (Fsp3) is 0.348. The van der Waals surface area contributed by atoms with Crippen molar-refractivity contribution in [1.29, 1.82) is 0 Å². The van der Waals surface area contributed by atoms with Gasteiger partial charge < -0.3 is 15.0 Å². The molecule has 5 aromatic heterocycles. The van der Waals surface area contributed by atoms with Crippen LogP contribution in [0.2, 0.25) is 0 Å². The van der Waals surface area contributed by atoms with Crippen molar-refractivity contribution < 1.29 is 9.53 Å². The summed E-state index contributed by atoms with van der Waals surface area (Å²) >= 11 is 1.48. The number of thiazole rings is 1. The third-order valence-electron chi connectivity index (χ3n) is 6.99. The minimum absolute atomic E-state index is 0.0285. The summed E-state index contributed by atoms with van der Waals surface area (Å²) in [6.45, 7) is 2.60. The number of aryl methyl sites for hydroxylation is 1. The summed E-state index contributed by atoms with van der Waals surface area (Å²) in [6.07, 6.45) is 9.37. The molecule has 5 aromatic rings. The molecule has 2 saturated heterocycles. The van der Waals surface area contributed by atoms with E-state index in [9.17, 15) is 9.59 Å². The van der Waals surface area contributed by atoms with Gasteiger partial charge in [-0.1, -0.05) is 0 Å². The standard InChI is InChI=1S/C23H22N8O3S/c1-29-8-13(6-25-29)16-9-31-22(35-16)18-20(28-31)19-15(27-21(18)33)5-14(7-24-19)26-17(32)10-30-4-2-3-23(30)11-34-12-23/h5-9H,2-4,10-12H2,1H3,(H,26,32)(H,27,33).